The van der Waals surface area contributed by atoms with Gasteiger partial charge in [0.15, 0.2) is 18.3 Å². The first-order valence-electron chi connectivity index (χ1n) is 9.27. The zero-order chi connectivity index (χ0) is 24.3. The zero-order valence-electron chi connectivity index (χ0n) is 18.5. The lowest BCUT2D eigenvalue weighted by atomic mass is 10.0. The molecule has 12 nitrogen and oxygen atoms in total. The summed E-state index contributed by atoms with van der Waals surface area (Å²) in [5.74, 6) is -5.51. The first kappa shape index (κ1) is 27.8. The van der Waals surface area contributed by atoms with Gasteiger partial charge in [-0.25, -0.2) is 4.79 Å². The Morgan fingerprint density at radius 2 is 1.03 bits per heavy atom. The van der Waals surface area contributed by atoms with Crippen molar-refractivity contribution in [2.45, 2.75) is 79.0 Å². The van der Waals surface area contributed by atoms with Gasteiger partial charge in [0.05, 0.1) is 6.10 Å². The molecule has 12 heteroatoms. The van der Waals surface area contributed by atoms with E-state index < -0.39 is 72.9 Å². The van der Waals surface area contributed by atoms with Crippen LogP contribution in [0.5, 0.6) is 0 Å². The smallest absolute Gasteiger partial charge is 0.351 e. The number of hydrogen-bond donors (Lipinski definition) is 0. The maximum Gasteiger partial charge on any atom is 0.351 e. The van der Waals surface area contributed by atoms with E-state index in [1.54, 1.807) is 0 Å². The third-order valence-electron chi connectivity index (χ3n) is 3.24. The SMILES string of the molecule is CC(=O)OC[C@@H](OC(C)=O)[C@@H](OC(C)=O)[C@H](OC(C)=O)[C@@H](OC(C)=O)C(=O)OC(C)C. The van der Waals surface area contributed by atoms with Crippen LogP contribution in [0.3, 0.4) is 0 Å². The van der Waals surface area contributed by atoms with Gasteiger partial charge in [-0.3, -0.25) is 24.0 Å². The Morgan fingerprint density at radius 1 is 0.581 bits per heavy atom. The molecule has 176 valence electrons. The molecule has 0 N–H and O–H groups in total. The summed E-state index contributed by atoms with van der Waals surface area (Å²) in [4.78, 5) is 70.5. The fourth-order valence-corrected chi connectivity index (χ4v) is 2.37. The summed E-state index contributed by atoms with van der Waals surface area (Å²) < 4.78 is 30.2. The molecule has 0 fully saturated rings. The van der Waals surface area contributed by atoms with Crippen LogP contribution in [0.4, 0.5) is 0 Å². The van der Waals surface area contributed by atoms with E-state index in [0.29, 0.717) is 0 Å². The van der Waals surface area contributed by atoms with Crippen LogP contribution in [0.15, 0.2) is 0 Å². The molecule has 0 radical (unpaired) electrons. The normalized spacial score (nSPS) is 14.3. The highest BCUT2D eigenvalue weighted by atomic mass is 16.7. The highest BCUT2D eigenvalue weighted by molar-refractivity contribution is 5.80. The summed E-state index contributed by atoms with van der Waals surface area (Å²) in [7, 11) is 0. The lowest BCUT2D eigenvalue weighted by Gasteiger charge is -2.34. The van der Waals surface area contributed by atoms with Crippen molar-refractivity contribution >= 4 is 35.8 Å². The molecular formula is C19H28O12. The van der Waals surface area contributed by atoms with Gasteiger partial charge in [-0.2, -0.15) is 0 Å². The average Bonchev–Trinajstić information content (AvgIpc) is 2.58. The van der Waals surface area contributed by atoms with E-state index in [1.807, 2.05) is 0 Å². The standard InChI is InChI=1S/C19H28O12/c1-9(2)27-19(25)18(31-14(7)24)17(30-13(6)23)16(29-12(5)22)15(28-11(4)21)8-26-10(3)20/h9,15-18H,8H2,1-7H3/t15-,16-,17+,18-/m1/s1. The summed E-state index contributed by atoms with van der Waals surface area (Å²) in [6.45, 7) is 7.52. The van der Waals surface area contributed by atoms with Crippen molar-refractivity contribution in [1.82, 2.24) is 0 Å². The van der Waals surface area contributed by atoms with Gasteiger partial charge in [-0.05, 0) is 13.8 Å². The van der Waals surface area contributed by atoms with Gasteiger partial charge in [-0.15, -0.1) is 0 Å². The quantitative estimate of drug-likeness (QED) is 0.313. The molecule has 31 heavy (non-hydrogen) atoms. The number of rotatable bonds is 11. The summed E-state index contributed by atoms with van der Waals surface area (Å²) >= 11 is 0. The van der Waals surface area contributed by atoms with Crippen molar-refractivity contribution < 1.29 is 57.2 Å². The Bertz CT molecular complexity index is 683. The van der Waals surface area contributed by atoms with Crippen LogP contribution < -0.4 is 0 Å². The van der Waals surface area contributed by atoms with Gasteiger partial charge < -0.3 is 28.4 Å². The Morgan fingerprint density at radius 3 is 1.42 bits per heavy atom. The molecule has 0 aromatic heterocycles. The predicted molar refractivity (Wildman–Crippen MR) is 100 cm³/mol. The Balaban J connectivity index is 6.41. The van der Waals surface area contributed by atoms with Crippen LogP contribution in [0.25, 0.3) is 0 Å². The summed E-state index contributed by atoms with van der Waals surface area (Å²) in [6.07, 6.45) is -7.53. The van der Waals surface area contributed by atoms with Gasteiger partial charge in [0.1, 0.15) is 6.61 Å². The summed E-state index contributed by atoms with van der Waals surface area (Å²) in [5.41, 5.74) is 0. The number of hydrogen-bond acceptors (Lipinski definition) is 12. The van der Waals surface area contributed by atoms with Crippen molar-refractivity contribution in [3.05, 3.63) is 0 Å². The molecule has 0 rings (SSSR count). The molecule has 0 aliphatic rings. The van der Waals surface area contributed by atoms with E-state index >= 15 is 0 Å². The highest BCUT2D eigenvalue weighted by Gasteiger charge is 2.47. The van der Waals surface area contributed by atoms with Crippen LogP contribution in [-0.2, 0) is 57.2 Å². The number of carbonyl (C=O) groups excluding carboxylic acids is 6. The molecule has 0 heterocycles. The number of esters is 6. The fourth-order valence-electron chi connectivity index (χ4n) is 2.37. The van der Waals surface area contributed by atoms with Gasteiger partial charge in [0.25, 0.3) is 0 Å². The minimum atomic E-state index is -1.89. The second-order valence-corrected chi connectivity index (χ2v) is 6.61. The molecule has 0 saturated carbocycles. The second kappa shape index (κ2) is 13.2. The molecule has 0 aromatic rings. The Kier molecular flexibility index (Phi) is 11.8. The topological polar surface area (TPSA) is 158 Å². The van der Waals surface area contributed by atoms with Crippen LogP contribution in [0.2, 0.25) is 0 Å². The van der Waals surface area contributed by atoms with Crippen LogP contribution in [-0.4, -0.2) is 72.9 Å². The van der Waals surface area contributed by atoms with Crippen molar-refractivity contribution in [3.63, 3.8) is 0 Å². The van der Waals surface area contributed by atoms with Crippen molar-refractivity contribution in [2.75, 3.05) is 6.61 Å². The Labute approximate surface area is 179 Å². The maximum absolute atomic E-state index is 12.6. The fraction of sp³-hybridized carbons (Fsp3) is 0.684. The van der Waals surface area contributed by atoms with E-state index in [-0.39, 0.29) is 0 Å². The van der Waals surface area contributed by atoms with E-state index in [2.05, 4.69) is 0 Å². The van der Waals surface area contributed by atoms with Crippen LogP contribution in [0, 0.1) is 0 Å². The molecule has 0 aliphatic carbocycles. The number of ether oxygens (including phenoxy) is 6. The summed E-state index contributed by atoms with van der Waals surface area (Å²) in [5, 5.41) is 0. The molecule has 0 saturated heterocycles. The van der Waals surface area contributed by atoms with E-state index in [9.17, 15) is 28.8 Å². The van der Waals surface area contributed by atoms with E-state index in [0.717, 1.165) is 34.6 Å². The van der Waals surface area contributed by atoms with E-state index in [1.165, 1.54) is 13.8 Å². The molecule has 0 amide bonds. The van der Waals surface area contributed by atoms with Crippen molar-refractivity contribution in [3.8, 4) is 0 Å². The second-order valence-electron chi connectivity index (χ2n) is 6.61. The largest absolute Gasteiger partial charge is 0.462 e. The lowest BCUT2D eigenvalue weighted by molar-refractivity contribution is -0.209. The first-order valence-corrected chi connectivity index (χ1v) is 9.27. The molecule has 4 atom stereocenters. The van der Waals surface area contributed by atoms with Crippen molar-refractivity contribution in [2.24, 2.45) is 0 Å². The molecule has 0 aliphatic heterocycles. The molecule has 0 unspecified atom stereocenters. The molecule has 0 spiro atoms. The minimum absolute atomic E-state index is 0.614. The summed E-state index contributed by atoms with van der Waals surface area (Å²) in [6, 6.07) is 0. The van der Waals surface area contributed by atoms with Crippen LogP contribution >= 0.6 is 0 Å². The van der Waals surface area contributed by atoms with Gasteiger partial charge in [0, 0.05) is 34.6 Å². The van der Waals surface area contributed by atoms with Gasteiger partial charge in [0.2, 0.25) is 6.10 Å². The van der Waals surface area contributed by atoms with Crippen LogP contribution in [0.1, 0.15) is 48.5 Å². The predicted octanol–water partition coefficient (Wildman–Crippen LogP) is 0.228. The third-order valence-corrected chi connectivity index (χ3v) is 3.24. The first-order chi connectivity index (χ1) is 14.2. The Hall–Kier alpha value is -3.18. The third kappa shape index (κ3) is 11.6. The molecule has 0 aromatic carbocycles. The van der Waals surface area contributed by atoms with Crippen molar-refractivity contribution in [1.29, 1.82) is 0 Å². The monoisotopic (exact) mass is 448 g/mol. The van der Waals surface area contributed by atoms with E-state index in [4.69, 9.17) is 28.4 Å². The average molecular weight is 448 g/mol. The lowest BCUT2D eigenvalue weighted by Crippen LogP contribution is -2.55. The van der Waals surface area contributed by atoms with Gasteiger partial charge in [-0.1, -0.05) is 0 Å². The maximum atomic E-state index is 12.6. The van der Waals surface area contributed by atoms with Gasteiger partial charge >= 0.3 is 35.8 Å². The minimum Gasteiger partial charge on any atom is -0.462 e. The highest BCUT2D eigenvalue weighted by Crippen LogP contribution is 2.21. The molecule has 0 bridgehead atoms. The zero-order valence-corrected chi connectivity index (χ0v) is 18.5. The number of carbonyl (C=O) groups is 6. The molecular weight excluding hydrogens is 420 g/mol.